The quantitative estimate of drug-likeness (QED) is 0.554. The van der Waals surface area contributed by atoms with E-state index in [0.29, 0.717) is 0 Å². The predicted octanol–water partition coefficient (Wildman–Crippen LogP) is 2.97. The Morgan fingerprint density at radius 2 is 2.00 bits per heavy atom. The molecule has 0 aromatic heterocycles. The van der Waals surface area contributed by atoms with Crippen molar-refractivity contribution in [3.05, 3.63) is 43.0 Å². The van der Waals surface area contributed by atoms with Crippen LogP contribution in [0.2, 0.25) is 0 Å². The van der Waals surface area contributed by atoms with Crippen LogP contribution in [0.3, 0.4) is 0 Å². The number of halogens is 1. The Hall–Kier alpha value is -0.760. The molecule has 1 atom stereocenters. The van der Waals surface area contributed by atoms with E-state index in [4.69, 9.17) is 4.74 Å². The smallest absolute Gasteiger partial charge is 0.171 e. The minimum Gasteiger partial charge on any atom is -0.475 e. The summed E-state index contributed by atoms with van der Waals surface area (Å²) in [4.78, 5) is 0. The number of ether oxygens (including phenoxy) is 1. The Morgan fingerprint density at radius 3 is 2.55 bits per heavy atom. The van der Waals surface area contributed by atoms with Gasteiger partial charge in [-0.2, -0.15) is 0 Å². The van der Waals surface area contributed by atoms with E-state index in [1.54, 1.807) is 6.08 Å². The highest BCUT2D eigenvalue weighted by Crippen LogP contribution is 2.13. The summed E-state index contributed by atoms with van der Waals surface area (Å²) in [6.45, 7) is 3.58. The maximum absolute atomic E-state index is 5.36. The van der Waals surface area contributed by atoms with Crippen molar-refractivity contribution in [1.29, 1.82) is 0 Å². The molecule has 0 spiro atoms. The summed E-state index contributed by atoms with van der Waals surface area (Å²) in [5.41, 5.74) is 0. The zero-order valence-corrected chi connectivity index (χ0v) is 7.62. The Labute approximate surface area is 74.8 Å². The molecule has 0 saturated carbocycles. The van der Waals surface area contributed by atoms with Gasteiger partial charge in [0.2, 0.25) is 0 Å². The Bertz CT molecular complexity index is 220. The molecule has 0 heterocycles. The number of benzene rings is 1. The fraction of sp³-hybridized carbons (Fsp3) is 0.111. The molecule has 2 heteroatoms. The van der Waals surface area contributed by atoms with Gasteiger partial charge in [0.1, 0.15) is 5.75 Å². The van der Waals surface area contributed by atoms with Gasteiger partial charge in [-0.05, 0) is 34.1 Å². The minimum atomic E-state index is -0.107. The molecule has 0 fully saturated rings. The van der Waals surface area contributed by atoms with E-state index in [1.165, 1.54) is 0 Å². The van der Waals surface area contributed by atoms with Crippen LogP contribution in [0.1, 0.15) is 0 Å². The van der Waals surface area contributed by atoms with E-state index >= 15 is 0 Å². The van der Waals surface area contributed by atoms with Gasteiger partial charge < -0.3 is 4.74 Å². The van der Waals surface area contributed by atoms with Gasteiger partial charge in [-0.3, -0.25) is 0 Å². The lowest BCUT2D eigenvalue weighted by atomic mass is 10.3. The zero-order chi connectivity index (χ0) is 8.10. The van der Waals surface area contributed by atoms with Crippen molar-refractivity contribution in [2.75, 3.05) is 0 Å². The number of para-hydroxylation sites is 1. The second-order valence-electron chi connectivity index (χ2n) is 2.02. The van der Waals surface area contributed by atoms with Crippen LogP contribution in [-0.2, 0) is 0 Å². The summed E-state index contributed by atoms with van der Waals surface area (Å²) in [7, 11) is 0. The fourth-order valence-electron chi connectivity index (χ4n) is 0.677. The molecule has 58 valence electrons. The number of alkyl halides is 1. The van der Waals surface area contributed by atoms with Gasteiger partial charge in [0.05, 0.1) is 0 Å². The van der Waals surface area contributed by atoms with Crippen LogP contribution in [-0.4, -0.2) is 5.01 Å². The predicted molar refractivity (Wildman–Crippen MR) is 50.0 cm³/mol. The Balaban J connectivity index is 2.57. The van der Waals surface area contributed by atoms with Crippen LogP contribution in [0, 0.1) is 0 Å². The van der Waals surface area contributed by atoms with Crippen LogP contribution in [0.25, 0.3) is 0 Å². The standard InChI is InChI=1S/C9H9BrO/c1-2-9(10)11-8-6-4-3-5-7-8/h2-7,9H,1H2. The summed E-state index contributed by atoms with van der Waals surface area (Å²) >= 11 is 3.27. The Morgan fingerprint density at radius 1 is 1.36 bits per heavy atom. The SMILES string of the molecule is C=CC(Br)Oc1ccccc1. The van der Waals surface area contributed by atoms with Gasteiger partial charge in [-0.15, -0.1) is 0 Å². The highest BCUT2D eigenvalue weighted by molar-refractivity contribution is 9.09. The molecule has 1 aromatic carbocycles. The van der Waals surface area contributed by atoms with Gasteiger partial charge in [0, 0.05) is 0 Å². The average Bonchev–Trinajstić information content (AvgIpc) is 2.06. The lowest BCUT2D eigenvalue weighted by Crippen LogP contribution is -2.02. The van der Waals surface area contributed by atoms with Crippen molar-refractivity contribution in [2.24, 2.45) is 0 Å². The largest absolute Gasteiger partial charge is 0.475 e. The molecule has 1 aromatic rings. The van der Waals surface area contributed by atoms with Crippen LogP contribution in [0.15, 0.2) is 43.0 Å². The lowest BCUT2D eigenvalue weighted by molar-refractivity contribution is 0.339. The molecule has 1 rings (SSSR count). The molecule has 0 radical (unpaired) electrons. The summed E-state index contributed by atoms with van der Waals surface area (Å²) in [6, 6.07) is 9.61. The maximum atomic E-state index is 5.36. The average molecular weight is 213 g/mol. The third-order valence-electron chi connectivity index (χ3n) is 1.18. The first-order chi connectivity index (χ1) is 5.33. The van der Waals surface area contributed by atoms with Gasteiger partial charge in [-0.1, -0.05) is 24.8 Å². The molecular formula is C9H9BrO. The van der Waals surface area contributed by atoms with E-state index in [1.807, 2.05) is 30.3 Å². The topological polar surface area (TPSA) is 9.23 Å². The molecule has 0 aliphatic rings. The fourth-order valence-corrected chi connectivity index (χ4v) is 0.893. The molecule has 0 N–H and O–H groups in total. The zero-order valence-electron chi connectivity index (χ0n) is 6.03. The third kappa shape index (κ3) is 2.76. The molecule has 11 heavy (non-hydrogen) atoms. The van der Waals surface area contributed by atoms with Crippen molar-refractivity contribution in [1.82, 2.24) is 0 Å². The number of hydrogen-bond donors (Lipinski definition) is 0. The van der Waals surface area contributed by atoms with E-state index in [-0.39, 0.29) is 5.01 Å². The molecule has 1 unspecified atom stereocenters. The first-order valence-electron chi connectivity index (χ1n) is 3.31. The normalized spacial score (nSPS) is 12.1. The third-order valence-corrected chi connectivity index (χ3v) is 1.74. The van der Waals surface area contributed by atoms with Gasteiger partial charge >= 0.3 is 0 Å². The summed E-state index contributed by atoms with van der Waals surface area (Å²) in [6.07, 6.45) is 1.69. The second-order valence-corrected chi connectivity index (χ2v) is 2.92. The van der Waals surface area contributed by atoms with Gasteiger partial charge in [-0.25, -0.2) is 0 Å². The molecule has 0 bridgehead atoms. The highest BCUT2D eigenvalue weighted by atomic mass is 79.9. The van der Waals surface area contributed by atoms with Crippen LogP contribution in [0.4, 0.5) is 0 Å². The summed E-state index contributed by atoms with van der Waals surface area (Å²) < 4.78 is 5.36. The van der Waals surface area contributed by atoms with Crippen LogP contribution < -0.4 is 4.74 Å². The van der Waals surface area contributed by atoms with E-state index in [0.717, 1.165) is 5.75 Å². The minimum absolute atomic E-state index is 0.107. The van der Waals surface area contributed by atoms with Crippen molar-refractivity contribution >= 4 is 15.9 Å². The van der Waals surface area contributed by atoms with Gasteiger partial charge in [0.15, 0.2) is 5.01 Å². The molecular weight excluding hydrogens is 204 g/mol. The second kappa shape index (κ2) is 4.19. The molecule has 1 nitrogen and oxygen atoms in total. The highest BCUT2D eigenvalue weighted by Gasteiger charge is 1.97. The van der Waals surface area contributed by atoms with Crippen molar-refractivity contribution in [2.45, 2.75) is 5.01 Å². The van der Waals surface area contributed by atoms with E-state index < -0.39 is 0 Å². The maximum Gasteiger partial charge on any atom is 0.171 e. The summed E-state index contributed by atoms with van der Waals surface area (Å²) in [5.74, 6) is 0.842. The van der Waals surface area contributed by atoms with Gasteiger partial charge in [0.25, 0.3) is 0 Å². The molecule has 0 saturated heterocycles. The van der Waals surface area contributed by atoms with Crippen molar-refractivity contribution in [3.63, 3.8) is 0 Å². The Kier molecular flexibility index (Phi) is 3.17. The van der Waals surface area contributed by atoms with Crippen molar-refractivity contribution in [3.8, 4) is 5.75 Å². The van der Waals surface area contributed by atoms with Crippen LogP contribution in [0.5, 0.6) is 5.75 Å². The van der Waals surface area contributed by atoms with Crippen molar-refractivity contribution < 1.29 is 4.74 Å². The monoisotopic (exact) mass is 212 g/mol. The molecule has 0 aliphatic carbocycles. The molecule has 0 amide bonds. The summed E-state index contributed by atoms with van der Waals surface area (Å²) in [5, 5.41) is -0.107. The first-order valence-corrected chi connectivity index (χ1v) is 4.23. The molecule has 0 aliphatic heterocycles. The van der Waals surface area contributed by atoms with E-state index in [9.17, 15) is 0 Å². The number of rotatable bonds is 3. The first kappa shape index (κ1) is 8.34. The van der Waals surface area contributed by atoms with Crippen LogP contribution >= 0.6 is 15.9 Å². The lowest BCUT2D eigenvalue weighted by Gasteiger charge is -2.07. The number of hydrogen-bond acceptors (Lipinski definition) is 1. The van der Waals surface area contributed by atoms with E-state index in [2.05, 4.69) is 22.5 Å².